The van der Waals surface area contributed by atoms with Gasteiger partial charge in [-0.05, 0) is 13.3 Å². The first kappa shape index (κ1) is 11.6. The van der Waals surface area contributed by atoms with Crippen LogP contribution in [0.2, 0.25) is 0 Å². The van der Waals surface area contributed by atoms with Crippen LogP contribution in [0.15, 0.2) is 11.1 Å². The van der Waals surface area contributed by atoms with E-state index in [0.717, 1.165) is 10.9 Å². The zero-order valence-corrected chi connectivity index (χ0v) is 8.86. The van der Waals surface area contributed by atoms with Crippen molar-refractivity contribution in [1.29, 1.82) is 0 Å². The lowest BCUT2D eigenvalue weighted by Gasteiger charge is -2.05. The summed E-state index contributed by atoms with van der Waals surface area (Å²) in [6.07, 6.45) is 1.21. The van der Waals surface area contributed by atoms with E-state index in [2.05, 4.69) is 27.8 Å². The molecular formula is C8H15BrN2O. The van der Waals surface area contributed by atoms with Gasteiger partial charge in [0, 0.05) is 23.5 Å². The first-order valence-corrected chi connectivity index (χ1v) is 4.67. The molecule has 0 spiro atoms. The number of nitrogens with two attached hydrogens (primary N) is 1. The monoisotopic (exact) mass is 234 g/mol. The van der Waals surface area contributed by atoms with Gasteiger partial charge >= 0.3 is 0 Å². The second kappa shape index (κ2) is 6.20. The second-order valence-electron chi connectivity index (χ2n) is 2.81. The minimum Gasteiger partial charge on any atom is -0.352 e. The van der Waals surface area contributed by atoms with Gasteiger partial charge in [-0.3, -0.25) is 4.79 Å². The largest absolute Gasteiger partial charge is 0.352 e. The first-order chi connectivity index (χ1) is 5.52. The third-order valence-corrected chi connectivity index (χ3v) is 1.58. The zero-order chi connectivity index (χ0) is 9.56. The Labute approximate surface area is 81.5 Å². The maximum Gasteiger partial charge on any atom is 0.220 e. The molecule has 0 heterocycles. The summed E-state index contributed by atoms with van der Waals surface area (Å²) in [7, 11) is 0. The van der Waals surface area contributed by atoms with Crippen molar-refractivity contribution in [2.45, 2.75) is 25.8 Å². The van der Waals surface area contributed by atoms with Gasteiger partial charge in [0.05, 0.1) is 0 Å². The molecule has 0 saturated heterocycles. The van der Waals surface area contributed by atoms with E-state index in [1.165, 1.54) is 0 Å². The minimum atomic E-state index is 0.0212. The highest BCUT2D eigenvalue weighted by Crippen LogP contribution is 1.98. The van der Waals surface area contributed by atoms with E-state index >= 15 is 0 Å². The van der Waals surface area contributed by atoms with Crippen molar-refractivity contribution in [3.8, 4) is 0 Å². The van der Waals surface area contributed by atoms with Crippen LogP contribution in [-0.2, 0) is 4.79 Å². The molecule has 1 amide bonds. The van der Waals surface area contributed by atoms with E-state index in [1.807, 2.05) is 6.92 Å². The van der Waals surface area contributed by atoms with Crippen LogP contribution in [0, 0.1) is 0 Å². The highest BCUT2D eigenvalue weighted by atomic mass is 79.9. The molecular weight excluding hydrogens is 220 g/mol. The van der Waals surface area contributed by atoms with Gasteiger partial charge in [-0.2, -0.15) is 0 Å². The molecule has 0 bridgehead atoms. The molecule has 4 heteroatoms. The highest BCUT2D eigenvalue weighted by molar-refractivity contribution is 9.11. The van der Waals surface area contributed by atoms with Gasteiger partial charge in [-0.1, -0.05) is 22.5 Å². The van der Waals surface area contributed by atoms with Crippen molar-refractivity contribution in [2.24, 2.45) is 5.73 Å². The van der Waals surface area contributed by atoms with Gasteiger partial charge in [-0.15, -0.1) is 0 Å². The number of carbonyl (C=O) groups is 1. The summed E-state index contributed by atoms with van der Waals surface area (Å²) in [5.41, 5.74) is 5.49. The molecule has 0 rings (SSSR count). The number of hydrogen-bond acceptors (Lipinski definition) is 2. The van der Waals surface area contributed by atoms with Crippen molar-refractivity contribution in [2.75, 3.05) is 6.54 Å². The fourth-order valence-corrected chi connectivity index (χ4v) is 0.782. The molecule has 1 unspecified atom stereocenters. The lowest BCUT2D eigenvalue weighted by Crippen LogP contribution is -2.26. The van der Waals surface area contributed by atoms with E-state index < -0.39 is 0 Å². The molecule has 3 N–H and O–H groups in total. The molecule has 3 nitrogen and oxygen atoms in total. The van der Waals surface area contributed by atoms with Crippen molar-refractivity contribution in [1.82, 2.24) is 5.32 Å². The van der Waals surface area contributed by atoms with Gasteiger partial charge in [0.2, 0.25) is 5.91 Å². The van der Waals surface area contributed by atoms with Crippen molar-refractivity contribution >= 4 is 21.8 Å². The lowest BCUT2D eigenvalue weighted by atomic mass is 10.2. The molecule has 1 atom stereocenters. The molecule has 70 valence electrons. The Morgan fingerprint density at radius 1 is 1.75 bits per heavy atom. The van der Waals surface area contributed by atoms with Crippen LogP contribution in [0.3, 0.4) is 0 Å². The molecule has 0 aliphatic carbocycles. The van der Waals surface area contributed by atoms with Gasteiger partial charge in [0.15, 0.2) is 0 Å². The van der Waals surface area contributed by atoms with Crippen molar-refractivity contribution in [3.05, 3.63) is 11.1 Å². The summed E-state index contributed by atoms with van der Waals surface area (Å²) in [5.74, 6) is 0.0212. The molecule has 0 aromatic heterocycles. The molecule has 0 aromatic carbocycles. The topological polar surface area (TPSA) is 55.1 Å². The molecule has 12 heavy (non-hydrogen) atoms. The van der Waals surface area contributed by atoms with Gasteiger partial charge in [0.25, 0.3) is 0 Å². The number of nitrogens with one attached hydrogen (secondary N) is 1. The third-order valence-electron chi connectivity index (χ3n) is 1.30. The maximum atomic E-state index is 11.0. The molecule has 0 radical (unpaired) electrons. The first-order valence-electron chi connectivity index (χ1n) is 3.88. The Bertz CT molecular complexity index is 168. The Kier molecular flexibility index (Phi) is 6.02. The Balaban J connectivity index is 3.40. The van der Waals surface area contributed by atoms with Crippen molar-refractivity contribution in [3.63, 3.8) is 0 Å². The van der Waals surface area contributed by atoms with Crippen LogP contribution in [0.4, 0.5) is 0 Å². The zero-order valence-electron chi connectivity index (χ0n) is 7.27. The number of amides is 1. The summed E-state index contributed by atoms with van der Waals surface area (Å²) in [4.78, 5) is 11.0. The van der Waals surface area contributed by atoms with E-state index in [1.54, 1.807) is 0 Å². The fourth-order valence-electron chi connectivity index (χ4n) is 0.642. The van der Waals surface area contributed by atoms with Crippen LogP contribution < -0.4 is 11.1 Å². The SMILES string of the molecule is C=C(Br)CNC(=O)CCC(C)N. The van der Waals surface area contributed by atoms with Crippen LogP contribution in [0.1, 0.15) is 19.8 Å². The Morgan fingerprint density at radius 3 is 2.75 bits per heavy atom. The summed E-state index contributed by atoms with van der Waals surface area (Å²) in [5, 5.41) is 2.70. The summed E-state index contributed by atoms with van der Waals surface area (Å²) >= 11 is 3.15. The molecule has 0 fully saturated rings. The van der Waals surface area contributed by atoms with Crippen LogP contribution in [0.25, 0.3) is 0 Å². The minimum absolute atomic E-state index is 0.0212. The number of hydrogen-bond donors (Lipinski definition) is 2. The van der Waals surface area contributed by atoms with Crippen molar-refractivity contribution < 1.29 is 4.79 Å². The standard InChI is InChI=1S/C8H15BrN2O/c1-6(9)5-11-8(12)4-3-7(2)10/h7H,1,3-5,10H2,2H3,(H,11,12). The van der Waals surface area contributed by atoms with Crippen LogP contribution in [0.5, 0.6) is 0 Å². The Morgan fingerprint density at radius 2 is 2.33 bits per heavy atom. The van der Waals surface area contributed by atoms with E-state index in [9.17, 15) is 4.79 Å². The van der Waals surface area contributed by atoms with Crippen LogP contribution >= 0.6 is 15.9 Å². The van der Waals surface area contributed by atoms with E-state index in [4.69, 9.17) is 5.73 Å². The van der Waals surface area contributed by atoms with Gasteiger partial charge < -0.3 is 11.1 Å². The molecule has 0 saturated carbocycles. The quantitative estimate of drug-likeness (QED) is 0.750. The second-order valence-corrected chi connectivity index (χ2v) is 3.93. The Hall–Kier alpha value is -0.350. The van der Waals surface area contributed by atoms with Gasteiger partial charge in [-0.25, -0.2) is 0 Å². The van der Waals surface area contributed by atoms with E-state index in [-0.39, 0.29) is 11.9 Å². The summed E-state index contributed by atoms with van der Waals surface area (Å²) in [6, 6.07) is 0.0860. The van der Waals surface area contributed by atoms with Crippen LogP contribution in [-0.4, -0.2) is 18.5 Å². The average Bonchev–Trinajstić information content (AvgIpc) is 1.96. The molecule has 0 aromatic rings. The molecule has 0 aliphatic heterocycles. The predicted octanol–water partition coefficient (Wildman–Crippen LogP) is 1.14. The number of halogens is 1. The third kappa shape index (κ3) is 7.75. The fraction of sp³-hybridized carbons (Fsp3) is 0.625. The summed E-state index contributed by atoms with van der Waals surface area (Å²) < 4.78 is 0.775. The van der Waals surface area contributed by atoms with E-state index in [0.29, 0.717) is 13.0 Å². The predicted molar refractivity (Wildman–Crippen MR) is 54.0 cm³/mol. The lowest BCUT2D eigenvalue weighted by molar-refractivity contribution is -0.121. The van der Waals surface area contributed by atoms with Gasteiger partial charge in [0.1, 0.15) is 0 Å². The summed E-state index contributed by atoms with van der Waals surface area (Å²) in [6.45, 7) is 5.97. The normalized spacial score (nSPS) is 12.2. The number of rotatable bonds is 5. The smallest absolute Gasteiger partial charge is 0.220 e. The number of carbonyl (C=O) groups excluding carboxylic acids is 1. The molecule has 0 aliphatic rings. The highest BCUT2D eigenvalue weighted by Gasteiger charge is 2.02. The average molecular weight is 235 g/mol. The maximum absolute atomic E-state index is 11.0.